The minimum absolute atomic E-state index is 0.0840. The highest BCUT2D eigenvalue weighted by Gasteiger charge is 2.21. The van der Waals surface area contributed by atoms with Crippen LogP contribution in [-0.4, -0.2) is 12.0 Å². The molecule has 1 aliphatic carbocycles. The summed E-state index contributed by atoms with van der Waals surface area (Å²) in [4.78, 5) is 11.7. The van der Waals surface area contributed by atoms with E-state index in [2.05, 4.69) is 0 Å². The first-order chi connectivity index (χ1) is 8.74. The van der Waals surface area contributed by atoms with Crippen molar-refractivity contribution >= 4 is 5.97 Å². The number of carbonyl (C=O) groups excluding carboxylic acids is 1. The summed E-state index contributed by atoms with van der Waals surface area (Å²) in [7, 11) is 0. The molecular formula is C15H21NO2. The molecule has 0 spiro atoms. The molecule has 0 saturated heterocycles. The summed E-state index contributed by atoms with van der Waals surface area (Å²) in [6, 6.07) is 10.1. The zero-order valence-electron chi connectivity index (χ0n) is 10.7. The fraction of sp³-hybridized carbons (Fsp3) is 0.533. The third kappa shape index (κ3) is 4.15. The summed E-state index contributed by atoms with van der Waals surface area (Å²) in [6.45, 7) is 0.381. The third-order valence-corrected chi connectivity index (χ3v) is 3.59. The van der Waals surface area contributed by atoms with Crippen molar-refractivity contribution in [1.29, 1.82) is 0 Å². The summed E-state index contributed by atoms with van der Waals surface area (Å²) < 4.78 is 5.29. The van der Waals surface area contributed by atoms with Crippen LogP contribution >= 0.6 is 0 Å². The molecule has 1 saturated carbocycles. The molecule has 0 amide bonds. The predicted molar refractivity (Wildman–Crippen MR) is 70.8 cm³/mol. The van der Waals surface area contributed by atoms with E-state index in [9.17, 15) is 4.79 Å². The number of hydrogen-bond acceptors (Lipinski definition) is 3. The molecule has 0 aromatic heterocycles. The quantitative estimate of drug-likeness (QED) is 0.832. The number of ether oxygens (including phenoxy) is 1. The number of esters is 1. The van der Waals surface area contributed by atoms with Gasteiger partial charge in [0.1, 0.15) is 6.61 Å². The minimum atomic E-state index is -0.0840. The maximum absolute atomic E-state index is 11.7. The van der Waals surface area contributed by atoms with Crippen LogP contribution in [0.1, 0.15) is 37.7 Å². The lowest BCUT2D eigenvalue weighted by Gasteiger charge is -2.25. The molecule has 0 bridgehead atoms. The lowest BCUT2D eigenvalue weighted by Crippen LogP contribution is -2.27. The van der Waals surface area contributed by atoms with Crippen LogP contribution in [0, 0.1) is 5.92 Å². The Morgan fingerprint density at radius 2 is 1.83 bits per heavy atom. The van der Waals surface area contributed by atoms with Crippen LogP contribution in [0.5, 0.6) is 0 Å². The second kappa shape index (κ2) is 6.55. The molecule has 0 aliphatic heterocycles. The van der Waals surface area contributed by atoms with Crippen LogP contribution in [0.4, 0.5) is 0 Å². The van der Waals surface area contributed by atoms with Gasteiger partial charge < -0.3 is 10.5 Å². The van der Waals surface area contributed by atoms with Gasteiger partial charge in [-0.15, -0.1) is 0 Å². The molecule has 0 heterocycles. The first-order valence-electron chi connectivity index (χ1n) is 6.69. The van der Waals surface area contributed by atoms with Gasteiger partial charge in [0, 0.05) is 12.5 Å². The van der Waals surface area contributed by atoms with E-state index in [1.54, 1.807) is 0 Å². The highest BCUT2D eigenvalue weighted by Crippen LogP contribution is 2.26. The topological polar surface area (TPSA) is 52.3 Å². The number of carbonyl (C=O) groups is 1. The molecule has 18 heavy (non-hydrogen) atoms. The summed E-state index contributed by atoms with van der Waals surface area (Å²) in [5.41, 5.74) is 6.88. The summed E-state index contributed by atoms with van der Waals surface area (Å²) in [5.74, 6) is 0.382. The molecular weight excluding hydrogens is 226 g/mol. The minimum Gasteiger partial charge on any atom is -0.461 e. The molecule has 98 valence electrons. The van der Waals surface area contributed by atoms with Crippen LogP contribution in [0.3, 0.4) is 0 Å². The predicted octanol–water partition coefficient (Wildman–Crippen LogP) is 2.64. The van der Waals surface area contributed by atoms with E-state index in [1.807, 2.05) is 30.3 Å². The Bertz CT molecular complexity index is 369. The average Bonchev–Trinajstić information content (AvgIpc) is 2.40. The zero-order valence-corrected chi connectivity index (χ0v) is 10.7. The molecule has 3 nitrogen and oxygen atoms in total. The summed E-state index contributed by atoms with van der Waals surface area (Å²) in [5, 5.41) is 0. The molecule has 1 aromatic carbocycles. The Morgan fingerprint density at radius 3 is 2.50 bits per heavy atom. The van der Waals surface area contributed by atoms with Crippen molar-refractivity contribution in [2.24, 2.45) is 11.7 Å². The average molecular weight is 247 g/mol. The third-order valence-electron chi connectivity index (χ3n) is 3.59. The van der Waals surface area contributed by atoms with E-state index >= 15 is 0 Å². The van der Waals surface area contributed by atoms with E-state index in [0.29, 0.717) is 25.0 Å². The molecule has 2 rings (SSSR count). The summed E-state index contributed by atoms with van der Waals surface area (Å²) in [6.07, 6.45) is 4.73. The maximum Gasteiger partial charge on any atom is 0.306 e. The highest BCUT2D eigenvalue weighted by atomic mass is 16.5. The number of benzene rings is 1. The molecule has 1 aromatic rings. The standard InChI is InChI=1S/C15H21NO2/c16-14-8-6-12(7-9-14)10-15(17)18-11-13-4-2-1-3-5-13/h1-5,12,14H,6-11,16H2. The van der Waals surface area contributed by atoms with Crippen LogP contribution in [0.15, 0.2) is 30.3 Å². The van der Waals surface area contributed by atoms with E-state index in [1.165, 1.54) is 0 Å². The van der Waals surface area contributed by atoms with Crippen molar-refractivity contribution in [1.82, 2.24) is 0 Å². The Balaban J connectivity index is 1.69. The normalized spacial score (nSPS) is 23.6. The van der Waals surface area contributed by atoms with Crippen molar-refractivity contribution in [3.8, 4) is 0 Å². The van der Waals surface area contributed by atoms with Gasteiger partial charge in [-0.3, -0.25) is 4.79 Å². The fourth-order valence-corrected chi connectivity index (χ4v) is 2.43. The molecule has 3 heteroatoms. The van der Waals surface area contributed by atoms with Crippen molar-refractivity contribution in [2.45, 2.75) is 44.8 Å². The second-order valence-electron chi connectivity index (χ2n) is 5.13. The smallest absolute Gasteiger partial charge is 0.306 e. The van der Waals surface area contributed by atoms with E-state index < -0.39 is 0 Å². The molecule has 0 radical (unpaired) electrons. The Labute approximate surface area is 108 Å². The van der Waals surface area contributed by atoms with Crippen molar-refractivity contribution in [3.05, 3.63) is 35.9 Å². The van der Waals surface area contributed by atoms with E-state index in [0.717, 1.165) is 31.2 Å². The largest absolute Gasteiger partial charge is 0.461 e. The Hall–Kier alpha value is -1.35. The fourth-order valence-electron chi connectivity index (χ4n) is 2.43. The van der Waals surface area contributed by atoms with Gasteiger partial charge in [-0.1, -0.05) is 30.3 Å². The SMILES string of the molecule is NC1CCC(CC(=O)OCc2ccccc2)CC1. The first kappa shape index (κ1) is 13.1. The number of hydrogen-bond donors (Lipinski definition) is 1. The lowest BCUT2D eigenvalue weighted by molar-refractivity contribution is -0.146. The molecule has 0 unspecified atom stereocenters. The number of rotatable bonds is 4. The van der Waals surface area contributed by atoms with Crippen LogP contribution in [0.2, 0.25) is 0 Å². The molecule has 1 fully saturated rings. The van der Waals surface area contributed by atoms with Gasteiger partial charge in [-0.2, -0.15) is 0 Å². The lowest BCUT2D eigenvalue weighted by atomic mass is 9.84. The molecule has 2 N–H and O–H groups in total. The van der Waals surface area contributed by atoms with Gasteiger partial charge in [0.25, 0.3) is 0 Å². The van der Waals surface area contributed by atoms with Gasteiger partial charge in [-0.25, -0.2) is 0 Å². The Kier molecular flexibility index (Phi) is 4.76. The van der Waals surface area contributed by atoms with Crippen LogP contribution < -0.4 is 5.73 Å². The second-order valence-corrected chi connectivity index (χ2v) is 5.13. The Morgan fingerprint density at radius 1 is 1.17 bits per heavy atom. The first-order valence-corrected chi connectivity index (χ1v) is 6.69. The molecule has 0 atom stereocenters. The van der Waals surface area contributed by atoms with Crippen LogP contribution in [-0.2, 0) is 16.1 Å². The monoisotopic (exact) mass is 247 g/mol. The maximum atomic E-state index is 11.7. The van der Waals surface area contributed by atoms with E-state index in [-0.39, 0.29) is 5.97 Å². The van der Waals surface area contributed by atoms with Gasteiger partial charge >= 0.3 is 5.97 Å². The molecule has 1 aliphatic rings. The highest BCUT2D eigenvalue weighted by molar-refractivity contribution is 5.69. The van der Waals surface area contributed by atoms with E-state index in [4.69, 9.17) is 10.5 Å². The van der Waals surface area contributed by atoms with Crippen LogP contribution in [0.25, 0.3) is 0 Å². The van der Waals surface area contributed by atoms with Crippen molar-refractivity contribution in [2.75, 3.05) is 0 Å². The number of nitrogens with two attached hydrogens (primary N) is 1. The summed E-state index contributed by atoms with van der Waals surface area (Å²) >= 11 is 0. The van der Waals surface area contributed by atoms with Crippen molar-refractivity contribution < 1.29 is 9.53 Å². The van der Waals surface area contributed by atoms with Crippen molar-refractivity contribution in [3.63, 3.8) is 0 Å². The zero-order chi connectivity index (χ0) is 12.8. The van der Waals surface area contributed by atoms with Gasteiger partial charge in [0.05, 0.1) is 0 Å². The van der Waals surface area contributed by atoms with Gasteiger partial charge in [0.15, 0.2) is 0 Å². The van der Waals surface area contributed by atoms with Gasteiger partial charge in [-0.05, 0) is 37.2 Å². The van der Waals surface area contributed by atoms with Gasteiger partial charge in [0.2, 0.25) is 0 Å².